The molecule has 1 heterocycles. The molecule has 2 heteroatoms. The lowest BCUT2D eigenvalue weighted by Crippen LogP contribution is -2.35. The number of pyridine rings is 1. The molecule has 1 aromatic heterocycles. The summed E-state index contributed by atoms with van der Waals surface area (Å²) in [5.74, 6) is 0. The van der Waals surface area contributed by atoms with Crippen LogP contribution in [0, 0.1) is 0 Å². The van der Waals surface area contributed by atoms with Gasteiger partial charge in [-0.05, 0) is 48.1 Å². The van der Waals surface area contributed by atoms with Gasteiger partial charge in [-0.3, -0.25) is 9.98 Å². The van der Waals surface area contributed by atoms with Crippen molar-refractivity contribution in [3.63, 3.8) is 0 Å². The maximum absolute atomic E-state index is 5.22. The minimum absolute atomic E-state index is 0.304. The van der Waals surface area contributed by atoms with Gasteiger partial charge in [0.15, 0.2) is 0 Å². The summed E-state index contributed by atoms with van der Waals surface area (Å²) in [6.45, 7) is 0. The Hall–Kier alpha value is -3.52. The summed E-state index contributed by atoms with van der Waals surface area (Å²) < 4.78 is 0. The first-order chi connectivity index (χ1) is 14.8. The van der Waals surface area contributed by atoms with Crippen LogP contribution in [0.2, 0.25) is 0 Å². The average Bonchev–Trinajstić information content (AvgIpc) is 2.80. The first kappa shape index (κ1) is 19.8. The molecule has 0 aliphatic rings. The van der Waals surface area contributed by atoms with Gasteiger partial charge in [0, 0.05) is 12.4 Å². The van der Waals surface area contributed by atoms with E-state index in [1.165, 1.54) is 16.7 Å². The van der Waals surface area contributed by atoms with Crippen LogP contribution in [-0.4, -0.2) is 16.7 Å². The van der Waals surface area contributed by atoms with Gasteiger partial charge in [0.25, 0.3) is 0 Å². The lowest BCUT2D eigenvalue weighted by Gasteiger charge is -2.31. The molecule has 0 N–H and O–H groups in total. The fourth-order valence-electron chi connectivity index (χ4n) is 3.91. The molecule has 2 nitrogen and oxygen atoms in total. The van der Waals surface area contributed by atoms with E-state index in [2.05, 4.69) is 96.0 Å². The standard InChI is InChI=1S/C28H26N2/c1-4-12-24(13-5-1)20-28(21-25-14-6-2-7-15-25,22-26-16-8-3-9-17-26)30-23-27-18-10-11-19-29-27/h1-19,23H,20-22H2. The van der Waals surface area contributed by atoms with Crippen LogP contribution in [-0.2, 0) is 19.3 Å². The van der Waals surface area contributed by atoms with E-state index in [4.69, 9.17) is 4.99 Å². The van der Waals surface area contributed by atoms with Crippen molar-refractivity contribution in [3.05, 3.63) is 138 Å². The van der Waals surface area contributed by atoms with Gasteiger partial charge >= 0.3 is 0 Å². The maximum atomic E-state index is 5.22. The van der Waals surface area contributed by atoms with Crippen molar-refractivity contribution in [2.45, 2.75) is 24.8 Å². The minimum atomic E-state index is -0.304. The summed E-state index contributed by atoms with van der Waals surface area (Å²) in [5, 5.41) is 0. The van der Waals surface area contributed by atoms with Crippen molar-refractivity contribution < 1.29 is 0 Å². The van der Waals surface area contributed by atoms with E-state index in [-0.39, 0.29) is 5.54 Å². The Morgan fingerprint density at radius 1 is 0.567 bits per heavy atom. The SMILES string of the molecule is C(=NC(Cc1ccccc1)(Cc1ccccc1)Cc1ccccc1)c1ccccn1. The average molecular weight is 391 g/mol. The molecule has 0 saturated carbocycles. The van der Waals surface area contributed by atoms with E-state index in [0.717, 1.165) is 25.0 Å². The van der Waals surface area contributed by atoms with Crippen LogP contribution in [0.5, 0.6) is 0 Å². The molecular weight excluding hydrogens is 364 g/mol. The van der Waals surface area contributed by atoms with Crippen molar-refractivity contribution in [2.75, 3.05) is 0 Å². The lowest BCUT2D eigenvalue weighted by molar-refractivity contribution is 0.421. The second kappa shape index (κ2) is 9.80. The Bertz CT molecular complexity index is 941. The van der Waals surface area contributed by atoms with Crippen LogP contribution in [0.25, 0.3) is 0 Å². The third kappa shape index (κ3) is 5.51. The predicted octanol–water partition coefficient (Wildman–Crippen LogP) is 5.97. The molecular formula is C28H26N2. The van der Waals surface area contributed by atoms with Crippen LogP contribution >= 0.6 is 0 Å². The Labute approximate surface area is 179 Å². The molecule has 4 rings (SSSR count). The Kier molecular flexibility index (Phi) is 6.46. The molecule has 0 saturated heterocycles. The summed E-state index contributed by atoms with van der Waals surface area (Å²) in [6, 6.07) is 37.9. The largest absolute Gasteiger partial charge is 0.283 e. The molecule has 4 aromatic rings. The maximum Gasteiger partial charge on any atom is 0.0808 e. The number of hydrogen-bond donors (Lipinski definition) is 0. The number of rotatable bonds is 8. The molecule has 0 amide bonds. The van der Waals surface area contributed by atoms with Crippen LogP contribution < -0.4 is 0 Å². The molecule has 0 radical (unpaired) electrons. The third-order valence-electron chi connectivity index (χ3n) is 5.29. The van der Waals surface area contributed by atoms with Gasteiger partial charge in [0.2, 0.25) is 0 Å². The Morgan fingerprint density at radius 3 is 1.40 bits per heavy atom. The van der Waals surface area contributed by atoms with E-state index < -0.39 is 0 Å². The third-order valence-corrected chi connectivity index (χ3v) is 5.29. The highest BCUT2D eigenvalue weighted by atomic mass is 14.9. The molecule has 3 aromatic carbocycles. The summed E-state index contributed by atoms with van der Waals surface area (Å²) >= 11 is 0. The van der Waals surface area contributed by atoms with E-state index in [0.29, 0.717) is 0 Å². The summed E-state index contributed by atoms with van der Waals surface area (Å²) in [6.07, 6.45) is 6.34. The van der Waals surface area contributed by atoms with Crippen LogP contribution in [0.3, 0.4) is 0 Å². The van der Waals surface area contributed by atoms with Gasteiger partial charge in [-0.25, -0.2) is 0 Å². The van der Waals surface area contributed by atoms with Crippen LogP contribution in [0.1, 0.15) is 22.4 Å². The van der Waals surface area contributed by atoms with Crippen LogP contribution in [0.15, 0.2) is 120 Å². The second-order valence-corrected chi connectivity index (χ2v) is 7.72. The summed E-state index contributed by atoms with van der Waals surface area (Å²) in [7, 11) is 0. The zero-order valence-corrected chi connectivity index (χ0v) is 17.1. The number of aromatic nitrogens is 1. The van der Waals surface area contributed by atoms with Gasteiger partial charge in [-0.15, -0.1) is 0 Å². The molecule has 0 fully saturated rings. The monoisotopic (exact) mass is 390 g/mol. The normalized spacial score (nSPS) is 11.6. The fraction of sp³-hybridized carbons (Fsp3) is 0.143. The first-order valence-corrected chi connectivity index (χ1v) is 10.4. The van der Waals surface area contributed by atoms with Gasteiger partial charge in [0.05, 0.1) is 11.2 Å². The molecule has 0 bridgehead atoms. The highest BCUT2D eigenvalue weighted by molar-refractivity contribution is 5.77. The quantitative estimate of drug-likeness (QED) is 0.340. The van der Waals surface area contributed by atoms with Crippen molar-refractivity contribution in [1.82, 2.24) is 4.98 Å². The van der Waals surface area contributed by atoms with Gasteiger partial charge < -0.3 is 0 Å². The second-order valence-electron chi connectivity index (χ2n) is 7.72. The number of nitrogens with zero attached hydrogens (tertiary/aromatic N) is 2. The van der Waals surface area contributed by atoms with Crippen molar-refractivity contribution in [3.8, 4) is 0 Å². The van der Waals surface area contributed by atoms with Gasteiger partial charge in [-0.2, -0.15) is 0 Å². The topological polar surface area (TPSA) is 25.2 Å². The Morgan fingerprint density at radius 2 is 1.00 bits per heavy atom. The smallest absolute Gasteiger partial charge is 0.0808 e. The van der Waals surface area contributed by atoms with E-state index in [1.807, 2.05) is 30.6 Å². The lowest BCUT2D eigenvalue weighted by atomic mass is 9.80. The minimum Gasteiger partial charge on any atom is -0.283 e. The molecule has 0 atom stereocenters. The zero-order chi connectivity index (χ0) is 20.5. The predicted molar refractivity (Wildman–Crippen MR) is 125 cm³/mol. The summed E-state index contributed by atoms with van der Waals surface area (Å²) in [5.41, 5.74) is 4.46. The molecule has 30 heavy (non-hydrogen) atoms. The van der Waals surface area contributed by atoms with E-state index in [1.54, 1.807) is 0 Å². The van der Waals surface area contributed by atoms with Crippen molar-refractivity contribution in [2.24, 2.45) is 4.99 Å². The highest BCUT2D eigenvalue weighted by Crippen LogP contribution is 2.28. The summed E-state index contributed by atoms with van der Waals surface area (Å²) in [4.78, 5) is 9.68. The van der Waals surface area contributed by atoms with Crippen molar-refractivity contribution in [1.29, 1.82) is 0 Å². The Balaban J connectivity index is 1.76. The van der Waals surface area contributed by atoms with Gasteiger partial charge in [-0.1, -0.05) is 97.1 Å². The molecule has 148 valence electrons. The first-order valence-electron chi connectivity index (χ1n) is 10.4. The van der Waals surface area contributed by atoms with Crippen molar-refractivity contribution >= 4 is 6.21 Å². The van der Waals surface area contributed by atoms with E-state index >= 15 is 0 Å². The molecule has 0 aliphatic heterocycles. The molecule has 0 unspecified atom stereocenters. The number of aliphatic imine (C=N–C) groups is 1. The molecule has 0 aliphatic carbocycles. The molecule has 0 spiro atoms. The highest BCUT2D eigenvalue weighted by Gasteiger charge is 2.30. The van der Waals surface area contributed by atoms with Gasteiger partial charge in [0.1, 0.15) is 0 Å². The number of hydrogen-bond acceptors (Lipinski definition) is 2. The zero-order valence-electron chi connectivity index (χ0n) is 17.1. The number of benzene rings is 3. The van der Waals surface area contributed by atoms with E-state index in [9.17, 15) is 0 Å². The fourth-order valence-corrected chi connectivity index (χ4v) is 3.91. The van der Waals surface area contributed by atoms with Crippen LogP contribution in [0.4, 0.5) is 0 Å².